The zero-order chi connectivity index (χ0) is 24.7. The normalized spacial score (nSPS) is 13.4. The number of amides is 2. The lowest BCUT2D eigenvalue weighted by Crippen LogP contribution is -2.33. The molecule has 2 N–H and O–H groups in total. The summed E-state index contributed by atoms with van der Waals surface area (Å²) >= 11 is 0. The summed E-state index contributed by atoms with van der Waals surface area (Å²) in [5.41, 5.74) is 3.91. The second-order valence-electron chi connectivity index (χ2n) is 9.29. The number of anilines is 2. The van der Waals surface area contributed by atoms with E-state index < -0.39 is 0 Å². The van der Waals surface area contributed by atoms with Crippen LogP contribution in [0.5, 0.6) is 0 Å². The molecule has 36 heavy (non-hydrogen) atoms. The molecule has 0 radical (unpaired) electrons. The van der Waals surface area contributed by atoms with Crippen molar-refractivity contribution in [2.45, 2.75) is 25.7 Å². The highest BCUT2D eigenvalue weighted by atomic mass is 16.2. The van der Waals surface area contributed by atoms with E-state index in [1.807, 2.05) is 72.8 Å². The Hall–Kier alpha value is -4.12. The molecule has 1 heterocycles. The van der Waals surface area contributed by atoms with Crippen LogP contribution in [0.15, 0.2) is 91.0 Å². The first-order chi connectivity index (χ1) is 17.7. The second-order valence-corrected chi connectivity index (χ2v) is 9.29. The van der Waals surface area contributed by atoms with Crippen molar-refractivity contribution in [3.8, 4) is 0 Å². The van der Waals surface area contributed by atoms with E-state index in [4.69, 9.17) is 0 Å². The van der Waals surface area contributed by atoms with Crippen LogP contribution in [0.2, 0.25) is 0 Å². The summed E-state index contributed by atoms with van der Waals surface area (Å²) < 4.78 is 0. The Labute approximate surface area is 212 Å². The summed E-state index contributed by atoms with van der Waals surface area (Å²) in [5.74, 6) is -0.310. The van der Waals surface area contributed by atoms with Gasteiger partial charge in [0.25, 0.3) is 11.8 Å². The molecular weight excluding hydrogens is 446 g/mol. The molecule has 182 valence electrons. The van der Waals surface area contributed by atoms with E-state index in [0.717, 1.165) is 48.8 Å². The van der Waals surface area contributed by atoms with Crippen LogP contribution in [0.25, 0.3) is 10.8 Å². The van der Waals surface area contributed by atoms with Crippen molar-refractivity contribution in [1.29, 1.82) is 0 Å². The minimum Gasteiger partial charge on any atom is -0.371 e. The van der Waals surface area contributed by atoms with Gasteiger partial charge in [-0.2, -0.15) is 0 Å². The van der Waals surface area contributed by atoms with E-state index in [2.05, 4.69) is 27.7 Å². The quantitative estimate of drug-likeness (QED) is 0.340. The van der Waals surface area contributed by atoms with Crippen molar-refractivity contribution < 1.29 is 9.59 Å². The maximum atomic E-state index is 13.3. The van der Waals surface area contributed by atoms with Gasteiger partial charge >= 0.3 is 0 Å². The topological polar surface area (TPSA) is 61.4 Å². The van der Waals surface area contributed by atoms with E-state index in [1.165, 1.54) is 12.0 Å². The Morgan fingerprint density at radius 3 is 2.28 bits per heavy atom. The predicted octanol–water partition coefficient (Wildman–Crippen LogP) is 6.05. The van der Waals surface area contributed by atoms with Crippen LogP contribution in [-0.4, -0.2) is 31.4 Å². The Balaban J connectivity index is 1.35. The monoisotopic (exact) mass is 477 g/mol. The fourth-order valence-corrected chi connectivity index (χ4v) is 4.80. The van der Waals surface area contributed by atoms with Gasteiger partial charge in [-0.25, -0.2) is 0 Å². The van der Waals surface area contributed by atoms with Crippen molar-refractivity contribution in [2.24, 2.45) is 0 Å². The second kappa shape index (κ2) is 11.1. The van der Waals surface area contributed by atoms with Crippen LogP contribution < -0.4 is 15.5 Å². The number of hydrogen-bond donors (Lipinski definition) is 2. The lowest BCUT2D eigenvalue weighted by atomic mass is 10.0. The van der Waals surface area contributed by atoms with E-state index in [0.29, 0.717) is 23.4 Å². The van der Waals surface area contributed by atoms with Gasteiger partial charge in [-0.3, -0.25) is 9.59 Å². The predicted molar refractivity (Wildman–Crippen MR) is 147 cm³/mol. The molecule has 1 aliphatic heterocycles. The number of fused-ring (bicyclic) bond motifs is 1. The molecule has 0 aromatic heterocycles. The minimum absolute atomic E-state index is 0.117. The third-order valence-corrected chi connectivity index (χ3v) is 6.75. The van der Waals surface area contributed by atoms with Gasteiger partial charge < -0.3 is 15.5 Å². The molecule has 0 aliphatic carbocycles. The Morgan fingerprint density at radius 1 is 0.722 bits per heavy atom. The molecule has 0 atom stereocenters. The Morgan fingerprint density at radius 2 is 1.47 bits per heavy atom. The zero-order valence-electron chi connectivity index (χ0n) is 20.4. The van der Waals surface area contributed by atoms with Gasteiger partial charge in [-0.1, -0.05) is 60.7 Å². The molecular formula is C31H31N3O2. The average molecular weight is 478 g/mol. The summed E-state index contributed by atoms with van der Waals surface area (Å²) in [6.07, 6.45) is 4.23. The van der Waals surface area contributed by atoms with Gasteiger partial charge in [0, 0.05) is 36.6 Å². The molecule has 1 saturated heterocycles. The maximum Gasteiger partial charge on any atom is 0.255 e. The van der Waals surface area contributed by atoms with Crippen LogP contribution in [0.3, 0.4) is 0 Å². The molecule has 5 heteroatoms. The van der Waals surface area contributed by atoms with E-state index in [1.54, 1.807) is 6.07 Å². The van der Waals surface area contributed by atoms with Gasteiger partial charge in [-0.05, 0) is 72.4 Å². The number of nitrogens with one attached hydrogen (secondary N) is 2. The first-order valence-electron chi connectivity index (χ1n) is 12.7. The molecule has 1 aliphatic rings. The lowest BCUT2D eigenvalue weighted by molar-refractivity contribution is 0.0953. The SMILES string of the molecule is O=C(Nc1ccc(N2CCCCC2)c(C(=O)NCCc2ccccc2)c1)c1ccc2ccccc2c1. The molecule has 2 amide bonds. The Kier molecular flexibility index (Phi) is 7.27. The first-order valence-corrected chi connectivity index (χ1v) is 12.7. The highest BCUT2D eigenvalue weighted by molar-refractivity contribution is 6.08. The van der Waals surface area contributed by atoms with Crippen molar-refractivity contribution in [3.63, 3.8) is 0 Å². The minimum atomic E-state index is -0.193. The fraction of sp³-hybridized carbons (Fsp3) is 0.226. The highest BCUT2D eigenvalue weighted by Gasteiger charge is 2.20. The molecule has 0 bridgehead atoms. The van der Waals surface area contributed by atoms with Gasteiger partial charge in [-0.15, -0.1) is 0 Å². The fourth-order valence-electron chi connectivity index (χ4n) is 4.80. The summed E-state index contributed by atoms with van der Waals surface area (Å²) in [5, 5.41) is 8.18. The van der Waals surface area contributed by atoms with Crippen LogP contribution in [0, 0.1) is 0 Å². The van der Waals surface area contributed by atoms with Crippen LogP contribution >= 0.6 is 0 Å². The standard InChI is InChI=1S/C31H31N3O2/c35-30(26-14-13-24-11-5-6-12-25(24)21-26)33-27-15-16-29(34-19-7-2-8-20-34)28(22-27)31(36)32-18-17-23-9-3-1-4-10-23/h1,3-6,9-16,21-22H,2,7-8,17-20H2,(H,32,36)(H,33,35). The maximum absolute atomic E-state index is 13.3. The molecule has 5 rings (SSSR count). The summed E-state index contributed by atoms with van der Waals surface area (Å²) in [6.45, 7) is 2.43. The highest BCUT2D eigenvalue weighted by Crippen LogP contribution is 2.28. The molecule has 1 fully saturated rings. The van der Waals surface area contributed by atoms with E-state index in [-0.39, 0.29) is 11.8 Å². The van der Waals surface area contributed by atoms with Crippen LogP contribution in [0.4, 0.5) is 11.4 Å². The van der Waals surface area contributed by atoms with Gasteiger partial charge in [0.2, 0.25) is 0 Å². The third kappa shape index (κ3) is 5.57. The Bertz CT molecular complexity index is 1360. The van der Waals surface area contributed by atoms with Crippen molar-refractivity contribution >= 4 is 34.0 Å². The number of benzene rings is 4. The smallest absolute Gasteiger partial charge is 0.255 e. The molecule has 5 nitrogen and oxygen atoms in total. The van der Waals surface area contributed by atoms with E-state index in [9.17, 15) is 9.59 Å². The molecule has 0 unspecified atom stereocenters. The molecule has 4 aromatic rings. The number of rotatable bonds is 7. The molecule has 0 spiro atoms. The van der Waals surface area contributed by atoms with E-state index >= 15 is 0 Å². The number of hydrogen-bond acceptors (Lipinski definition) is 3. The van der Waals surface area contributed by atoms with Crippen molar-refractivity contribution in [3.05, 3.63) is 108 Å². The largest absolute Gasteiger partial charge is 0.371 e. The summed E-state index contributed by atoms with van der Waals surface area (Å²) in [4.78, 5) is 28.6. The number of nitrogens with zero attached hydrogens (tertiary/aromatic N) is 1. The molecule has 0 saturated carbocycles. The van der Waals surface area contributed by atoms with Crippen molar-refractivity contribution in [2.75, 3.05) is 29.9 Å². The van der Waals surface area contributed by atoms with Gasteiger partial charge in [0.15, 0.2) is 0 Å². The summed E-state index contributed by atoms with van der Waals surface area (Å²) in [7, 11) is 0. The van der Waals surface area contributed by atoms with Crippen LogP contribution in [-0.2, 0) is 6.42 Å². The third-order valence-electron chi connectivity index (χ3n) is 6.75. The first kappa shape index (κ1) is 23.6. The zero-order valence-corrected chi connectivity index (χ0v) is 20.4. The van der Waals surface area contributed by atoms with Crippen molar-refractivity contribution in [1.82, 2.24) is 5.32 Å². The van der Waals surface area contributed by atoms with Crippen LogP contribution in [0.1, 0.15) is 45.5 Å². The lowest BCUT2D eigenvalue weighted by Gasteiger charge is -2.30. The number of piperidine rings is 1. The number of carbonyl (C=O) groups is 2. The van der Waals surface area contributed by atoms with Gasteiger partial charge in [0.05, 0.1) is 5.56 Å². The number of carbonyl (C=O) groups excluding carboxylic acids is 2. The molecule has 4 aromatic carbocycles. The average Bonchev–Trinajstić information content (AvgIpc) is 2.93. The summed E-state index contributed by atoms with van der Waals surface area (Å²) in [6, 6.07) is 29.4. The van der Waals surface area contributed by atoms with Gasteiger partial charge in [0.1, 0.15) is 0 Å².